The Bertz CT molecular complexity index is 899. The van der Waals surface area contributed by atoms with Gasteiger partial charge in [-0.2, -0.15) is 0 Å². The summed E-state index contributed by atoms with van der Waals surface area (Å²) < 4.78 is 10.9. The van der Waals surface area contributed by atoms with Crippen molar-refractivity contribution in [1.29, 1.82) is 0 Å². The second-order valence-corrected chi connectivity index (χ2v) is 7.72. The molecular formula is C23H29N3O3. The first-order chi connectivity index (χ1) is 14.1. The van der Waals surface area contributed by atoms with Crippen LogP contribution in [0.1, 0.15) is 36.4 Å². The normalized spacial score (nSPS) is 18.5. The van der Waals surface area contributed by atoms with Crippen LogP contribution in [0.15, 0.2) is 36.4 Å². The first-order valence-corrected chi connectivity index (χ1v) is 10.3. The number of amides is 1. The third-order valence-electron chi connectivity index (χ3n) is 6.08. The number of anilines is 2. The number of nitrogens with zero attached hydrogens (tertiary/aromatic N) is 2. The molecule has 29 heavy (non-hydrogen) atoms. The van der Waals surface area contributed by atoms with Gasteiger partial charge in [-0.05, 0) is 55.5 Å². The van der Waals surface area contributed by atoms with Gasteiger partial charge in [-0.25, -0.2) is 0 Å². The van der Waals surface area contributed by atoms with Crippen LogP contribution in [0.2, 0.25) is 0 Å². The van der Waals surface area contributed by atoms with E-state index in [1.165, 1.54) is 5.56 Å². The number of hydrogen-bond acceptors (Lipinski definition) is 5. The van der Waals surface area contributed by atoms with Crippen LogP contribution < -0.4 is 20.1 Å². The smallest absolute Gasteiger partial charge is 0.242 e. The number of likely N-dealkylation sites (tertiary alicyclic amines) is 1. The van der Waals surface area contributed by atoms with E-state index in [4.69, 9.17) is 15.2 Å². The Morgan fingerprint density at radius 2 is 2.00 bits per heavy atom. The first-order valence-electron chi connectivity index (χ1n) is 10.3. The summed E-state index contributed by atoms with van der Waals surface area (Å²) in [6.07, 6.45) is 3.93. The highest BCUT2D eigenvalue weighted by atomic mass is 16.5. The Morgan fingerprint density at radius 3 is 2.79 bits per heavy atom. The van der Waals surface area contributed by atoms with Gasteiger partial charge < -0.3 is 25.0 Å². The van der Waals surface area contributed by atoms with Crippen LogP contribution in [-0.2, 0) is 11.2 Å². The number of ether oxygens (including phenoxy) is 2. The van der Waals surface area contributed by atoms with Crippen molar-refractivity contribution in [3.05, 3.63) is 47.5 Å². The van der Waals surface area contributed by atoms with Gasteiger partial charge in [0.25, 0.3) is 0 Å². The zero-order valence-corrected chi connectivity index (χ0v) is 17.2. The number of methoxy groups -OCH3 is 2. The van der Waals surface area contributed by atoms with E-state index in [2.05, 4.69) is 11.0 Å². The van der Waals surface area contributed by atoms with E-state index in [0.717, 1.165) is 67.2 Å². The number of nitrogens with two attached hydrogens (primary N) is 1. The standard InChI is InChI=1S/C23H29N3O3/c1-28-16-10-11-18(22(14-16)29-2)21-9-5-13-26(21)23(27)15-25-12-4-6-17-19(24)7-3-8-20(17)25/h3,7-8,10-11,14,21H,4-6,9,12-13,15,24H2,1-2H3. The summed E-state index contributed by atoms with van der Waals surface area (Å²) >= 11 is 0. The minimum absolute atomic E-state index is 0.0356. The van der Waals surface area contributed by atoms with Crippen LogP contribution in [0.5, 0.6) is 11.5 Å². The number of rotatable bonds is 5. The second kappa shape index (κ2) is 8.23. The van der Waals surface area contributed by atoms with Crippen molar-refractivity contribution in [3.63, 3.8) is 0 Å². The lowest BCUT2D eigenvalue weighted by atomic mass is 9.99. The molecule has 0 bridgehead atoms. The predicted octanol–water partition coefficient (Wildman–Crippen LogP) is 3.40. The second-order valence-electron chi connectivity index (χ2n) is 7.72. The Balaban J connectivity index is 1.55. The molecule has 0 saturated carbocycles. The van der Waals surface area contributed by atoms with Crippen molar-refractivity contribution in [2.45, 2.75) is 31.7 Å². The molecule has 1 unspecified atom stereocenters. The molecule has 2 heterocycles. The van der Waals surface area contributed by atoms with Crippen LogP contribution in [0.25, 0.3) is 0 Å². The predicted molar refractivity (Wildman–Crippen MR) is 115 cm³/mol. The van der Waals surface area contributed by atoms with E-state index in [1.807, 2.05) is 35.2 Å². The maximum absolute atomic E-state index is 13.3. The molecule has 2 aromatic carbocycles. The van der Waals surface area contributed by atoms with Crippen molar-refractivity contribution < 1.29 is 14.3 Å². The molecule has 6 nitrogen and oxygen atoms in total. The fraction of sp³-hybridized carbons (Fsp3) is 0.435. The van der Waals surface area contributed by atoms with Crippen molar-refractivity contribution >= 4 is 17.3 Å². The Morgan fingerprint density at radius 1 is 1.14 bits per heavy atom. The van der Waals surface area contributed by atoms with Gasteiger partial charge in [0.05, 0.1) is 26.8 Å². The number of benzene rings is 2. The third-order valence-corrected chi connectivity index (χ3v) is 6.08. The molecule has 1 atom stereocenters. The fourth-order valence-corrected chi connectivity index (χ4v) is 4.63. The fourth-order valence-electron chi connectivity index (χ4n) is 4.63. The molecule has 1 fully saturated rings. The van der Waals surface area contributed by atoms with Crippen molar-refractivity contribution in [1.82, 2.24) is 4.90 Å². The molecule has 2 N–H and O–H groups in total. The molecule has 154 valence electrons. The van der Waals surface area contributed by atoms with E-state index < -0.39 is 0 Å². The molecule has 2 aliphatic heterocycles. The number of carbonyl (C=O) groups is 1. The lowest BCUT2D eigenvalue weighted by molar-refractivity contribution is -0.130. The maximum Gasteiger partial charge on any atom is 0.242 e. The molecule has 6 heteroatoms. The highest BCUT2D eigenvalue weighted by Crippen LogP contribution is 2.39. The summed E-state index contributed by atoms with van der Waals surface area (Å²) in [5, 5.41) is 0. The van der Waals surface area contributed by atoms with Crippen molar-refractivity contribution in [2.24, 2.45) is 0 Å². The minimum Gasteiger partial charge on any atom is -0.497 e. The van der Waals surface area contributed by atoms with E-state index in [0.29, 0.717) is 6.54 Å². The number of nitrogen functional groups attached to an aromatic ring is 1. The van der Waals surface area contributed by atoms with E-state index >= 15 is 0 Å². The van der Waals surface area contributed by atoms with Crippen molar-refractivity contribution in [2.75, 3.05) is 44.5 Å². The summed E-state index contributed by atoms with van der Waals surface area (Å²) in [7, 11) is 3.30. The van der Waals surface area contributed by atoms with Gasteiger partial charge in [-0.3, -0.25) is 4.79 Å². The average Bonchev–Trinajstić information content (AvgIpc) is 3.24. The molecule has 4 rings (SSSR count). The number of carbonyl (C=O) groups excluding carboxylic acids is 1. The van der Waals surface area contributed by atoms with Crippen LogP contribution in [0, 0.1) is 0 Å². The van der Waals surface area contributed by atoms with Crippen LogP contribution in [-0.4, -0.2) is 44.7 Å². The van der Waals surface area contributed by atoms with E-state index in [-0.39, 0.29) is 11.9 Å². The molecule has 1 saturated heterocycles. The van der Waals surface area contributed by atoms with Gasteiger partial charge in [-0.15, -0.1) is 0 Å². The molecule has 2 aromatic rings. The van der Waals surface area contributed by atoms with Gasteiger partial charge in [0.2, 0.25) is 5.91 Å². The largest absolute Gasteiger partial charge is 0.497 e. The molecule has 1 amide bonds. The monoisotopic (exact) mass is 395 g/mol. The molecule has 0 spiro atoms. The highest BCUT2D eigenvalue weighted by molar-refractivity contribution is 5.83. The first kappa shape index (κ1) is 19.4. The van der Waals surface area contributed by atoms with E-state index in [9.17, 15) is 4.79 Å². The summed E-state index contributed by atoms with van der Waals surface area (Å²) in [4.78, 5) is 17.5. The van der Waals surface area contributed by atoms with Crippen molar-refractivity contribution in [3.8, 4) is 11.5 Å². The zero-order valence-electron chi connectivity index (χ0n) is 17.2. The van der Waals surface area contributed by atoms with Gasteiger partial charge >= 0.3 is 0 Å². The molecule has 0 radical (unpaired) electrons. The number of hydrogen-bond donors (Lipinski definition) is 1. The van der Waals surface area contributed by atoms with Gasteiger partial charge in [0, 0.05) is 36.1 Å². The SMILES string of the molecule is COc1ccc(C2CCCN2C(=O)CN2CCCc3c(N)cccc32)c(OC)c1. The lowest BCUT2D eigenvalue weighted by Gasteiger charge is -2.34. The summed E-state index contributed by atoms with van der Waals surface area (Å²) in [6.45, 7) is 2.04. The molecule has 2 aliphatic rings. The summed E-state index contributed by atoms with van der Waals surface area (Å²) in [5.74, 6) is 1.68. The van der Waals surface area contributed by atoms with Crippen LogP contribution in [0.4, 0.5) is 11.4 Å². The van der Waals surface area contributed by atoms with E-state index in [1.54, 1.807) is 14.2 Å². The van der Waals surface area contributed by atoms with Gasteiger partial charge in [0.15, 0.2) is 0 Å². The van der Waals surface area contributed by atoms with Crippen LogP contribution >= 0.6 is 0 Å². The Hall–Kier alpha value is -2.89. The molecular weight excluding hydrogens is 366 g/mol. The number of fused-ring (bicyclic) bond motifs is 1. The average molecular weight is 396 g/mol. The van der Waals surface area contributed by atoms with Gasteiger partial charge in [-0.1, -0.05) is 6.07 Å². The molecule has 0 aromatic heterocycles. The Kier molecular flexibility index (Phi) is 5.51. The van der Waals surface area contributed by atoms with Crippen LogP contribution in [0.3, 0.4) is 0 Å². The quantitative estimate of drug-likeness (QED) is 0.786. The Labute approximate surface area is 172 Å². The highest BCUT2D eigenvalue weighted by Gasteiger charge is 2.33. The summed E-state index contributed by atoms with van der Waals surface area (Å²) in [5.41, 5.74) is 10.3. The third kappa shape index (κ3) is 3.71. The minimum atomic E-state index is 0.0356. The summed E-state index contributed by atoms with van der Waals surface area (Å²) in [6, 6.07) is 11.9. The zero-order chi connectivity index (χ0) is 20.4. The topological polar surface area (TPSA) is 68.0 Å². The molecule has 0 aliphatic carbocycles. The lowest BCUT2D eigenvalue weighted by Crippen LogP contribution is -2.42. The van der Waals surface area contributed by atoms with Gasteiger partial charge in [0.1, 0.15) is 11.5 Å². The maximum atomic E-state index is 13.3.